The molecule has 0 bridgehead atoms. The van der Waals surface area contributed by atoms with Crippen LogP contribution in [0.5, 0.6) is 0 Å². The van der Waals surface area contributed by atoms with E-state index in [1.165, 1.54) is 0 Å². The van der Waals surface area contributed by atoms with Crippen molar-refractivity contribution in [2.24, 2.45) is 0 Å². The average molecular weight is 119 g/mol. The summed E-state index contributed by atoms with van der Waals surface area (Å²) in [6.07, 6.45) is 1.13. The summed E-state index contributed by atoms with van der Waals surface area (Å²) in [5.74, 6) is 0. The lowest BCUT2D eigenvalue weighted by Gasteiger charge is -2.10. The molecule has 0 rings (SSSR count). The molecule has 1 unspecified atom stereocenters. The smallest absolute Gasteiger partial charge is 0.0615 e. The monoisotopic (exact) mass is 119 g/mol. The van der Waals surface area contributed by atoms with Gasteiger partial charge in [0.05, 0.1) is 6.61 Å². The standard InChI is InChI=1S/C6H15NO.H2/c1-4-6(7-2)5-8-3;/h6-7H,4-5H2,1-3H3;1H. The lowest BCUT2D eigenvalue weighted by Crippen LogP contribution is -2.28. The topological polar surface area (TPSA) is 21.3 Å². The van der Waals surface area contributed by atoms with Crippen molar-refractivity contribution in [3.8, 4) is 0 Å². The van der Waals surface area contributed by atoms with Gasteiger partial charge in [0.1, 0.15) is 0 Å². The van der Waals surface area contributed by atoms with Gasteiger partial charge < -0.3 is 10.1 Å². The predicted molar refractivity (Wildman–Crippen MR) is 37.1 cm³/mol. The normalized spacial score (nSPS) is 13.9. The van der Waals surface area contributed by atoms with Crippen molar-refractivity contribution in [3.63, 3.8) is 0 Å². The van der Waals surface area contributed by atoms with E-state index in [1.807, 2.05) is 7.05 Å². The summed E-state index contributed by atoms with van der Waals surface area (Å²) in [6, 6.07) is 0.528. The van der Waals surface area contributed by atoms with Crippen LogP contribution in [0.15, 0.2) is 0 Å². The van der Waals surface area contributed by atoms with E-state index in [-0.39, 0.29) is 1.43 Å². The summed E-state index contributed by atoms with van der Waals surface area (Å²) in [6.45, 7) is 2.95. The summed E-state index contributed by atoms with van der Waals surface area (Å²) >= 11 is 0. The molecule has 0 aromatic rings. The third kappa shape index (κ3) is 2.99. The Morgan fingerprint density at radius 3 is 2.50 bits per heavy atom. The molecule has 0 heterocycles. The molecule has 0 aliphatic rings. The van der Waals surface area contributed by atoms with E-state index < -0.39 is 0 Å². The highest BCUT2D eigenvalue weighted by molar-refractivity contribution is 4.58. The average Bonchev–Trinajstić information content (AvgIpc) is 1.83. The lowest BCUT2D eigenvalue weighted by atomic mass is 10.2. The van der Waals surface area contributed by atoms with E-state index in [4.69, 9.17) is 4.74 Å². The molecule has 0 amide bonds. The quantitative estimate of drug-likeness (QED) is 0.593. The van der Waals surface area contributed by atoms with Crippen molar-refractivity contribution in [2.75, 3.05) is 20.8 Å². The zero-order valence-electron chi connectivity index (χ0n) is 5.90. The van der Waals surface area contributed by atoms with Crippen LogP contribution in [0.3, 0.4) is 0 Å². The third-order valence-corrected chi connectivity index (χ3v) is 1.27. The number of rotatable bonds is 4. The van der Waals surface area contributed by atoms with Crippen LogP contribution in [0.4, 0.5) is 0 Å². The van der Waals surface area contributed by atoms with Crippen LogP contribution in [0.1, 0.15) is 14.8 Å². The van der Waals surface area contributed by atoms with Crippen molar-refractivity contribution < 1.29 is 6.16 Å². The SMILES string of the molecule is CCC(COC)NC.[HH]. The fraction of sp³-hybridized carbons (Fsp3) is 1.00. The Balaban J connectivity index is 0. The van der Waals surface area contributed by atoms with Gasteiger partial charge in [0.25, 0.3) is 0 Å². The van der Waals surface area contributed by atoms with Gasteiger partial charge in [0, 0.05) is 14.6 Å². The van der Waals surface area contributed by atoms with E-state index in [2.05, 4.69) is 12.2 Å². The number of methoxy groups -OCH3 is 1. The highest BCUT2D eigenvalue weighted by Gasteiger charge is 1.98. The van der Waals surface area contributed by atoms with Crippen LogP contribution in [0.25, 0.3) is 0 Å². The largest absolute Gasteiger partial charge is 0.383 e. The van der Waals surface area contributed by atoms with Crippen molar-refractivity contribution in [2.45, 2.75) is 19.4 Å². The Bertz CT molecular complexity index is 48.3. The molecule has 0 saturated carbocycles. The molecule has 0 fully saturated rings. The first-order valence-electron chi connectivity index (χ1n) is 3.01. The van der Waals surface area contributed by atoms with E-state index >= 15 is 0 Å². The fourth-order valence-corrected chi connectivity index (χ4v) is 0.606. The van der Waals surface area contributed by atoms with E-state index in [0.717, 1.165) is 13.0 Å². The zero-order valence-corrected chi connectivity index (χ0v) is 5.90. The minimum absolute atomic E-state index is 0. The maximum atomic E-state index is 4.92. The predicted octanol–water partition coefficient (Wildman–Crippen LogP) is 0.877. The second-order valence-electron chi connectivity index (χ2n) is 1.85. The van der Waals surface area contributed by atoms with Crippen LogP contribution in [0.2, 0.25) is 0 Å². The van der Waals surface area contributed by atoms with Crippen molar-refractivity contribution in [1.29, 1.82) is 0 Å². The van der Waals surface area contributed by atoms with Gasteiger partial charge in [-0.2, -0.15) is 0 Å². The van der Waals surface area contributed by atoms with Gasteiger partial charge in [-0.25, -0.2) is 0 Å². The second kappa shape index (κ2) is 5.06. The molecule has 0 aromatic heterocycles. The fourth-order valence-electron chi connectivity index (χ4n) is 0.606. The number of ether oxygens (including phenoxy) is 1. The Kier molecular flexibility index (Phi) is 5.01. The molecule has 1 N–H and O–H groups in total. The first kappa shape index (κ1) is 7.92. The third-order valence-electron chi connectivity index (χ3n) is 1.27. The maximum absolute atomic E-state index is 4.92. The van der Waals surface area contributed by atoms with E-state index in [1.54, 1.807) is 7.11 Å². The molecule has 0 aliphatic heterocycles. The molecular weight excluding hydrogens is 102 g/mol. The van der Waals surface area contributed by atoms with Crippen molar-refractivity contribution in [1.82, 2.24) is 5.32 Å². The Labute approximate surface area is 52.7 Å². The highest BCUT2D eigenvalue weighted by Crippen LogP contribution is 1.87. The van der Waals surface area contributed by atoms with Gasteiger partial charge in [-0.3, -0.25) is 0 Å². The number of nitrogens with one attached hydrogen (secondary N) is 1. The molecule has 0 spiro atoms. The minimum atomic E-state index is 0. The first-order valence-corrected chi connectivity index (χ1v) is 3.01. The molecule has 0 radical (unpaired) electrons. The molecule has 2 heteroatoms. The van der Waals surface area contributed by atoms with Gasteiger partial charge in [0.2, 0.25) is 0 Å². The van der Waals surface area contributed by atoms with Gasteiger partial charge >= 0.3 is 0 Å². The Morgan fingerprint density at radius 1 is 1.75 bits per heavy atom. The molecule has 0 aliphatic carbocycles. The summed E-state index contributed by atoms with van der Waals surface area (Å²) in [5, 5.41) is 3.13. The summed E-state index contributed by atoms with van der Waals surface area (Å²) < 4.78 is 4.92. The minimum Gasteiger partial charge on any atom is -0.383 e. The van der Waals surface area contributed by atoms with Crippen LogP contribution < -0.4 is 5.32 Å². The zero-order chi connectivity index (χ0) is 6.41. The van der Waals surface area contributed by atoms with E-state index in [0.29, 0.717) is 6.04 Å². The molecule has 0 saturated heterocycles. The highest BCUT2D eigenvalue weighted by atomic mass is 16.5. The summed E-state index contributed by atoms with van der Waals surface area (Å²) in [4.78, 5) is 0. The molecule has 2 nitrogen and oxygen atoms in total. The Morgan fingerprint density at radius 2 is 2.38 bits per heavy atom. The second-order valence-corrected chi connectivity index (χ2v) is 1.85. The van der Waals surface area contributed by atoms with Gasteiger partial charge in [-0.05, 0) is 13.5 Å². The Hall–Kier alpha value is -0.0800. The van der Waals surface area contributed by atoms with Crippen molar-refractivity contribution in [3.05, 3.63) is 0 Å². The van der Waals surface area contributed by atoms with E-state index in [9.17, 15) is 0 Å². The van der Waals surface area contributed by atoms with Crippen LogP contribution >= 0.6 is 0 Å². The van der Waals surface area contributed by atoms with Crippen LogP contribution in [-0.4, -0.2) is 26.8 Å². The number of hydrogen-bond acceptors (Lipinski definition) is 2. The molecule has 52 valence electrons. The van der Waals surface area contributed by atoms with Crippen LogP contribution in [0, 0.1) is 0 Å². The van der Waals surface area contributed by atoms with Gasteiger partial charge in [0.15, 0.2) is 0 Å². The molecule has 1 atom stereocenters. The van der Waals surface area contributed by atoms with Gasteiger partial charge in [-0.1, -0.05) is 6.92 Å². The molecule has 0 aromatic carbocycles. The lowest BCUT2D eigenvalue weighted by molar-refractivity contribution is 0.168. The number of hydrogen-bond donors (Lipinski definition) is 1. The van der Waals surface area contributed by atoms with Gasteiger partial charge in [-0.15, -0.1) is 0 Å². The number of likely N-dealkylation sites (N-methyl/N-ethyl adjacent to an activating group) is 1. The maximum Gasteiger partial charge on any atom is 0.0615 e. The summed E-state index contributed by atoms with van der Waals surface area (Å²) in [5.41, 5.74) is 0. The molecule has 8 heavy (non-hydrogen) atoms. The van der Waals surface area contributed by atoms with Crippen molar-refractivity contribution >= 4 is 0 Å². The van der Waals surface area contributed by atoms with Crippen LogP contribution in [-0.2, 0) is 4.74 Å². The summed E-state index contributed by atoms with van der Waals surface area (Å²) in [7, 11) is 3.67. The first-order chi connectivity index (χ1) is 3.85. The molecular formula is C6H17NO.